The Labute approximate surface area is 107 Å². The Morgan fingerprint density at radius 1 is 1.39 bits per heavy atom. The lowest BCUT2D eigenvalue weighted by Gasteiger charge is -2.23. The molecule has 1 saturated carbocycles. The number of aliphatic carboxylic acids is 1. The molecule has 1 saturated heterocycles. The first kappa shape index (κ1) is 13.3. The van der Waals surface area contributed by atoms with E-state index in [4.69, 9.17) is 5.11 Å². The van der Waals surface area contributed by atoms with Crippen LogP contribution in [0, 0.1) is 17.3 Å². The summed E-state index contributed by atoms with van der Waals surface area (Å²) in [5.74, 6) is 0.144. The molecule has 3 atom stereocenters. The fraction of sp³-hybridized carbons (Fsp3) is 0.846. The highest BCUT2D eigenvalue weighted by Crippen LogP contribution is 2.37. The average Bonchev–Trinajstić information content (AvgIpc) is 2.87. The van der Waals surface area contributed by atoms with Gasteiger partial charge >= 0.3 is 5.97 Å². The van der Waals surface area contributed by atoms with Gasteiger partial charge in [0.1, 0.15) is 0 Å². The summed E-state index contributed by atoms with van der Waals surface area (Å²) in [6.07, 6.45) is 3.53. The first-order chi connectivity index (χ1) is 8.42. The Morgan fingerprint density at radius 3 is 2.78 bits per heavy atom. The minimum absolute atomic E-state index is 0.0428. The van der Waals surface area contributed by atoms with Crippen molar-refractivity contribution < 1.29 is 14.7 Å². The highest BCUT2D eigenvalue weighted by atomic mass is 16.4. The number of hydrogen-bond donors (Lipinski definition) is 3. The van der Waals surface area contributed by atoms with Crippen LogP contribution >= 0.6 is 0 Å². The molecular formula is C13H22N2O3. The van der Waals surface area contributed by atoms with Gasteiger partial charge in [0.15, 0.2) is 0 Å². The van der Waals surface area contributed by atoms with Gasteiger partial charge < -0.3 is 15.7 Å². The number of rotatable bonds is 4. The molecule has 0 spiro atoms. The predicted molar refractivity (Wildman–Crippen MR) is 67.0 cm³/mol. The molecule has 5 heteroatoms. The summed E-state index contributed by atoms with van der Waals surface area (Å²) in [6, 6.07) is -0.123. The molecule has 3 unspecified atom stereocenters. The maximum atomic E-state index is 12.1. The monoisotopic (exact) mass is 254 g/mol. The van der Waals surface area contributed by atoms with E-state index in [1.54, 1.807) is 13.8 Å². The van der Waals surface area contributed by atoms with E-state index in [1.165, 1.54) is 12.8 Å². The zero-order valence-corrected chi connectivity index (χ0v) is 11.0. The lowest BCUT2D eigenvalue weighted by molar-refractivity contribution is -0.146. The van der Waals surface area contributed by atoms with Gasteiger partial charge in [-0.25, -0.2) is 0 Å². The zero-order valence-electron chi connectivity index (χ0n) is 11.0. The second kappa shape index (κ2) is 4.88. The number of hydrogen-bond acceptors (Lipinski definition) is 3. The van der Waals surface area contributed by atoms with Crippen LogP contribution in [0.5, 0.6) is 0 Å². The van der Waals surface area contributed by atoms with Crippen LogP contribution in [-0.4, -0.2) is 36.1 Å². The molecular weight excluding hydrogens is 232 g/mol. The van der Waals surface area contributed by atoms with Crippen LogP contribution in [0.15, 0.2) is 0 Å². The van der Waals surface area contributed by atoms with Gasteiger partial charge in [-0.1, -0.05) is 6.42 Å². The molecule has 102 valence electrons. The summed E-state index contributed by atoms with van der Waals surface area (Å²) in [6.45, 7) is 4.34. The van der Waals surface area contributed by atoms with Gasteiger partial charge in [-0.2, -0.15) is 0 Å². The summed E-state index contributed by atoms with van der Waals surface area (Å²) in [5, 5.41) is 15.0. The van der Waals surface area contributed by atoms with Gasteiger partial charge in [-0.3, -0.25) is 9.59 Å². The number of carbonyl (C=O) groups excluding carboxylic acids is 1. The predicted octanol–water partition coefficient (Wildman–Crippen LogP) is 0.601. The van der Waals surface area contributed by atoms with Crippen molar-refractivity contribution in [3.8, 4) is 0 Å². The minimum atomic E-state index is -0.913. The van der Waals surface area contributed by atoms with E-state index in [2.05, 4.69) is 10.6 Å². The number of carboxylic acid groups (broad SMARTS) is 1. The quantitative estimate of drug-likeness (QED) is 0.686. The highest BCUT2D eigenvalue weighted by molar-refractivity contribution is 5.83. The van der Waals surface area contributed by atoms with Crippen LogP contribution in [0.1, 0.15) is 33.1 Å². The molecule has 1 heterocycles. The molecule has 3 N–H and O–H groups in total. The van der Waals surface area contributed by atoms with Gasteiger partial charge in [0, 0.05) is 6.54 Å². The standard InChI is InChI=1S/C13H22N2O3/c1-13(2,12(17)18)7-15-11(16)10-9-5-3-4-8(9)6-14-10/h8-10,14H,3-7H2,1-2H3,(H,15,16)(H,17,18). The van der Waals surface area contributed by atoms with Crippen molar-refractivity contribution >= 4 is 11.9 Å². The average molecular weight is 254 g/mol. The largest absolute Gasteiger partial charge is 0.481 e. The summed E-state index contributed by atoms with van der Waals surface area (Å²) in [4.78, 5) is 23.1. The highest BCUT2D eigenvalue weighted by Gasteiger charge is 2.42. The Hall–Kier alpha value is -1.10. The van der Waals surface area contributed by atoms with Crippen molar-refractivity contribution in [3.05, 3.63) is 0 Å². The Morgan fingerprint density at radius 2 is 2.11 bits per heavy atom. The first-order valence-corrected chi connectivity index (χ1v) is 6.66. The van der Waals surface area contributed by atoms with Crippen molar-refractivity contribution in [1.29, 1.82) is 0 Å². The number of nitrogens with one attached hydrogen (secondary N) is 2. The Bertz CT molecular complexity index is 354. The molecule has 0 radical (unpaired) electrons. The first-order valence-electron chi connectivity index (χ1n) is 6.66. The third kappa shape index (κ3) is 2.51. The van der Waals surface area contributed by atoms with Crippen molar-refractivity contribution in [2.24, 2.45) is 17.3 Å². The minimum Gasteiger partial charge on any atom is -0.481 e. The second-order valence-electron chi connectivity index (χ2n) is 6.15. The third-order valence-electron chi connectivity index (χ3n) is 4.31. The van der Waals surface area contributed by atoms with Crippen LogP contribution < -0.4 is 10.6 Å². The third-order valence-corrected chi connectivity index (χ3v) is 4.31. The Kier molecular flexibility index (Phi) is 3.61. The fourth-order valence-corrected chi connectivity index (χ4v) is 2.97. The lowest BCUT2D eigenvalue weighted by atomic mass is 9.92. The van der Waals surface area contributed by atoms with Gasteiger partial charge in [-0.05, 0) is 45.1 Å². The fourth-order valence-electron chi connectivity index (χ4n) is 2.97. The molecule has 1 aliphatic carbocycles. The van der Waals surface area contributed by atoms with Crippen molar-refractivity contribution in [3.63, 3.8) is 0 Å². The second-order valence-corrected chi connectivity index (χ2v) is 6.15. The number of carbonyl (C=O) groups is 2. The van der Waals surface area contributed by atoms with Crippen molar-refractivity contribution in [2.45, 2.75) is 39.2 Å². The van der Waals surface area contributed by atoms with Gasteiger partial charge in [0.05, 0.1) is 11.5 Å². The maximum Gasteiger partial charge on any atom is 0.310 e. The Balaban J connectivity index is 1.87. The normalized spacial score (nSPS) is 31.1. The van der Waals surface area contributed by atoms with Crippen LogP contribution in [0.4, 0.5) is 0 Å². The maximum absolute atomic E-state index is 12.1. The smallest absolute Gasteiger partial charge is 0.310 e. The van der Waals surface area contributed by atoms with Gasteiger partial charge in [0.2, 0.25) is 5.91 Å². The van der Waals surface area contributed by atoms with Crippen LogP contribution in [0.25, 0.3) is 0 Å². The molecule has 0 bridgehead atoms. The molecule has 5 nitrogen and oxygen atoms in total. The summed E-state index contributed by atoms with van der Waals surface area (Å²) < 4.78 is 0. The molecule has 1 amide bonds. The van der Waals surface area contributed by atoms with Crippen LogP contribution in [0.2, 0.25) is 0 Å². The topological polar surface area (TPSA) is 78.4 Å². The van der Waals surface area contributed by atoms with Crippen molar-refractivity contribution in [2.75, 3.05) is 13.1 Å². The molecule has 0 aromatic heterocycles. The molecule has 0 aromatic carbocycles. The molecule has 1 aliphatic heterocycles. The molecule has 2 rings (SSSR count). The zero-order chi connectivity index (χ0) is 13.3. The number of carboxylic acids is 1. The van der Waals surface area contributed by atoms with E-state index in [0.717, 1.165) is 13.0 Å². The van der Waals surface area contributed by atoms with Crippen molar-refractivity contribution in [1.82, 2.24) is 10.6 Å². The number of amides is 1. The summed E-state index contributed by atoms with van der Waals surface area (Å²) in [5.41, 5.74) is -0.913. The van der Waals surface area contributed by atoms with Gasteiger partial charge in [-0.15, -0.1) is 0 Å². The molecule has 2 fully saturated rings. The summed E-state index contributed by atoms with van der Waals surface area (Å²) in [7, 11) is 0. The lowest BCUT2D eigenvalue weighted by Crippen LogP contribution is -2.47. The van der Waals surface area contributed by atoms with Crippen LogP contribution in [-0.2, 0) is 9.59 Å². The number of fused-ring (bicyclic) bond motifs is 1. The van der Waals surface area contributed by atoms with E-state index < -0.39 is 11.4 Å². The van der Waals surface area contributed by atoms with E-state index in [0.29, 0.717) is 11.8 Å². The van der Waals surface area contributed by atoms with Crippen LogP contribution in [0.3, 0.4) is 0 Å². The van der Waals surface area contributed by atoms with E-state index in [-0.39, 0.29) is 18.5 Å². The van der Waals surface area contributed by atoms with Gasteiger partial charge in [0.25, 0.3) is 0 Å². The molecule has 18 heavy (non-hydrogen) atoms. The van der Waals surface area contributed by atoms with E-state index in [9.17, 15) is 9.59 Å². The molecule has 0 aromatic rings. The SMILES string of the molecule is CC(C)(CNC(=O)C1NCC2CCCC21)C(=O)O. The van der Waals surface area contributed by atoms with E-state index in [1.807, 2.05) is 0 Å². The molecule has 2 aliphatic rings. The van der Waals surface area contributed by atoms with E-state index >= 15 is 0 Å². The summed E-state index contributed by atoms with van der Waals surface area (Å²) >= 11 is 0.